The molecular weight excluding hydrogens is 268 g/mol. The summed E-state index contributed by atoms with van der Waals surface area (Å²) in [6.45, 7) is 10.1. The molecule has 112 valence electrons. The van der Waals surface area contributed by atoms with Crippen molar-refractivity contribution >= 4 is 11.3 Å². The molecule has 2 N–H and O–H groups in total. The highest BCUT2D eigenvalue weighted by molar-refractivity contribution is 7.11. The van der Waals surface area contributed by atoms with E-state index in [0.717, 1.165) is 12.6 Å². The molecule has 0 aromatic carbocycles. The fourth-order valence-electron chi connectivity index (χ4n) is 3.34. The van der Waals surface area contributed by atoms with Crippen molar-refractivity contribution < 1.29 is 0 Å². The number of aromatic nitrogens is 1. The van der Waals surface area contributed by atoms with Crippen molar-refractivity contribution in [2.24, 2.45) is 5.73 Å². The van der Waals surface area contributed by atoms with Gasteiger partial charge in [-0.15, -0.1) is 11.3 Å². The number of piperidine rings is 1. The highest BCUT2D eigenvalue weighted by Crippen LogP contribution is 2.23. The van der Waals surface area contributed by atoms with Gasteiger partial charge in [0, 0.05) is 30.1 Å². The van der Waals surface area contributed by atoms with Gasteiger partial charge >= 0.3 is 0 Å². The molecule has 2 fully saturated rings. The first-order valence-electron chi connectivity index (χ1n) is 7.76. The first-order valence-corrected chi connectivity index (χ1v) is 8.58. The first-order chi connectivity index (χ1) is 9.61. The monoisotopic (exact) mass is 294 g/mol. The average Bonchev–Trinajstić information content (AvgIpc) is 2.99. The van der Waals surface area contributed by atoms with Crippen LogP contribution in [0.25, 0.3) is 0 Å². The van der Waals surface area contributed by atoms with Crippen LogP contribution in [0.2, 0.25) is 0 Å². The molecular formula is C15H26N4S. The van der Waals surface area contributed by atoms with Gasteiger partial charge in [0.15, 0.2) is 0 Å². The second-order valence-electron chi connectivity index (χ2n) is 6.30. The summed E-state index contributed by atoms with van der Waals surface area (Å²) < 4.78 is 0. The fourth-order valence-corrected chi connectivity index (χ4v) is 4.31. The van der Waals surface area contributed by atoms with E-state index in [0.29, 0.717) is 6.04 Å². The van der Waals surface area contributed by atoms with E-state index in [2.05, 4.69) is 28.6 Å². The second kappa shape index (κ2) is 6.10. The molecule has 1 unspecified atom stereocenters. The predicted octanol–water partition coefficient (Wildman–Crippen LogP) is 1.76. The molecule has 5 heteroatoms. The molecule has 0 saturated carbocycles. The molecule has 2 aliphatic heterocycles. The van der Waals surface area contributed by atoms with E-state index in [-0.39, 0.29) is 0 Å². The summed E-state index contributed by atoms with van der Waals surface area (Å²) in [5, 5.41) is 1.28. The van der Waals surface area contributed by atoms with Crippen LogP contribution in [0.1, 0.15) is 34.8 Å². The van der Waals surface area contributed by atoms with Gasteiger partial charge in [0.1, 0.15) is 5.01 Å². The van der Waals surface area contributed by atoms with E-state index < -0.39 is 0 Å². The van der Waals surface area contributed by atoms with E-state index in [9.17, 15) is 0 Å². The van der Waals surface area contributed by atoms with Gasteiger partial charge < -0.3 is 5.73 Å². The van der Waals surface area contributed by atoms with Crippen molar-refractivity contribution in [2.75, 3.05) is 26.2 Å². The molecule has 1 atom stereocenters. The maximum atomic E-state index is 6.00. The van der Waals surface area contributed by atoms with Gasteiger partial charge in [0.05, 0.1) is 12.2 Å². The Labute approximate surface area is 126 Å². The van der Waals surface area contributed by atoms with Crippen molar-refractivity contribution in [1.82, 2.24) is 14.8 Å². The van der Waals surface area contributed by atoms with Crippen molar-refractivity contribution in [3.05, 3.63) is 15.6 Å². The molecule has 0 amide bonds. The van der Waals surface area contributed by atoms with Crippen molar-refractivity contribution in [3.8, 4) is 0 Å². The van der Waals surface area contributed by atoms with Crippen LogP contribution in [0.5, 0.6) is 0 Å². The number of nitrogens with two attached hydrogens (primary N) is 1. The quantitative estimate of drug-likeness (QED) is 0.922. The third-order valence-corrected chi connectivity index (χ3v) is 5.83. The van der Waals surface area contributed by atoms with Gasteiger partial charge in [-0.3, -0.25) is 9.80 Å². The minimum absolute atomic E-state index is 0.435. The summed E-state index contributed by atoms with van der Waals surface area (Å²) in [6, 6.07) is 1.18. The van der Waals surface area contributed by atoms with Gasteiger partial charge in [-0.25, -0.2) is 4.98 Å². The van der Waals surface area contributed by atoms with Crippen LogP contribution < -0.4 is 5.73 Å². The van der Waals surface area contributed by atoms with Crippen molar-refractivity contribution in [1.29, 1.82) is 0 Å². The molecule has 0 aliphatic carbocycles. The predicted molar refractivity (Wildman–Crippen MR) is 84.1 cm³/mol. The third kappa shape index (κ3) is 3.22. The number of hydrogen-bond donors (Lipinski definition) is 1. The standard InChI is InChI=1S/C15H26N4S/c1-11-12(2)20-15(17-11)10-18-6-5-14(9-18)19-7-3-13(16)4-8-19/h13-14H,3-10,16H2,1-2H3. The molecule has 3 rings (SSSR count). The molecule has 1 aromatic heterocycles. The Morgan fingerprint density at radius 2 is 1.95 bits per heavy atom. The molecule has 2 saturated heterocycles. The van der Waals surface area contributed by atoms with Crippen LogP contribution in [-0.4, -0.2) is 53.0 Å². The summed E-state index contributed by atoms with van der Waals surface area (Å²) >= 11 is 1.86. The molecule has 0 spiro atoms. The van der Waals surface area contributed by atoms with Crippen molar-refractivity contribution in [2.45, 2.75) is 51.7 Å². The normalized spacial score (nSPS) is 26.4. The van der Waals surface area contributed by atoms with Crippen LogP contribution >= 0.6 is 11.3 Å². The van der Waals surface area contributed by atoms with Gasteiger partial charge in [0.2, 0.25) is 0 Å². The zero-order valence-corrected chi connectivity index (χ0v) is 13.5. The molecule has 3 heterocycles. The summed E-state index contributed by atoms with van der Waals surface area (Å²) in [7, 11) is 0. The minimum Gasteiger partial charge on any atom is -0.328 e. The van der Waals surface area contributed by atoms with Crippen LogP contribution in [0.3, 0.4) is 0 Å². The lowest BCUT2D eigenvalue weighted by molar-refractivity contribution is 0.151. The average molecular weight is 294 g/mol. The summed E-state index contributed by atoms with van der Waals surface area (Å²) in [6.07, 6.45) is 3.64. The number of likely N-dealkylation sites (tertiary alicyclic amines) is 2. The van der Waals surface area contributed by atoms with Crippen LogP contribution in [0.4, 0.5) is 0 Å². The van der Waals surface area contributed by atoms with Crippen LogP contribution in [0.15, 0.2) is 0 Å². The van der Waals surface area contributed by atoms with Crippen LogP contribution in [-0.2, 0) is 6.54 Å². The zero-order valence-electron chi connectivity index (χ0n) is 12.6. The highest BCUT2D eigenvalue weighted by atomic mass is 32.1. The Kier molecular flexibility index (Phi) is 4.40. The first kappa shape index (κ1) is 14.4. The summed E-state index contributed by atoms with van der Waals surface area (Å²) in [5.41, 5.74) is 7.20. The third-order valence-electron chi connectivity index (χ3n) is 4.77. The van der Waals surface area contributed by atoms with E-state index >= 15 is 0 Å². The SMILES string of the molecule is Cc1nc(CN2CCC(N3CCC(N)CC3)C2)sc1C. The Morgan fingerprint density at radius 3 is 2.60 bits per heavy atom. The Hall–Kier alpha value is -0.490. The molecule has 0 bridgehead atoms. The minimum atomic E-state index is 0.435. The topological polar surface area (TPSA) is 45.4 Å². The number of hydrogen-bond acceptors (Lipinski definition) is 5. The van der Waals surface area contributed by atoms with Crippen LogP contribution in [0, 0.1) is 13.8 Å². The maximum Gasteiger partial charge on any atom is 0.107 e. The molecule has 0 radical (unpaired) electrons. The Bertz CT molecular complexity index is 431. The van der Waals surface area contributed by atoms with Crippen molar-refractivity contribution in [3.63, 3.8) is 0 Å². The Morgan fingerprint density at radius 1 is 1.20 bits per heavy atom. The van der Waals surface area contributed by atoms with E-state index in [4.69, 9.17) is 5.73 Å². The highest BCUT2D eigenvalue weighted by Gasteiger charge is 2.30. The second-order valence-corrected chi connectivity index (χ2v) is 7.59. The lowest BCUT2D eigenvalue weighted by Gasteiger charge is -2.34. The van der Waals surface area contributed by atoms with Gasteiger partial charge in [-0.1, -0.05) is 0 Å². The van der Waals surface area contributed by atoms with E-state index in [1.165, 1.54) is 61.0 Å². The summed E-state index contributed by atoms with van der Waals surface area (Å²) in [4.78, 5) is 11.3. The summed E-state index contributed by atoms with van der Waals surface area (Å²) in [5.74, 6) is 0. The Balaban J connectivity index is 1.52. The largest absolute Gasteiger partial charge is 0.328 e. The number of aryl methyl sites for hydroxylation is 2. The van der Waals surface area contributed by atoms with Gasteiger partial charge in [0.25, 0.3) is 0 Å². The molecule has 2 aliphatic rings. The van der Waals surface area contributed by atoms with E-state index in [1.807, 2.05) is 11.3 Å². The zero-order chi connectivity index (χ0) is 14.1. The number of thiazole rings is 1. The maximum absolute atomic E-state index is 6.00. The smallest absolute Gasteiger partial charge is 0.107 e. The van der Waals surface area contributed by atoms with Gasteiger partial charge in [-0.2, -0.15) is 0 Å². The number of rotatable bonds is 3. The lowest BCUT2D eigenvalue weighted by atomic mass is 10.0. The lowest BCUT2D eigenvalue weighted by Crippen LogP contribution is -2.46. The molecule has 1 aromatic rings. The van der Waals surface area contributed by atoms with E-state index in [1.54, 1.807) is 0 Å². The molecule has 4 nitrogen and oxygen atoms in total. The van der Waals surface area contributed by atoms with Gasteiger partial charge in [-0.05, 0) is 46.2 Å². The number of nitrogens with zero attached hydrogens (tertiary/aromatic N) is 3. The molecule has 20 heavy (non-hydrogen) atoms. The fraction of sp³-hybridized carbons (Fsp3) is 0.800.